The summed E-state index contributed by atoms with van der Waals surface area (Å²) in [5, 5.41) is 2.39. The Morgan fingerprint density at radius 1 is 0.390 bits per heavy atom. The molecule has 4 heteroatoms. The van der Waals surface area contributed by atoms with E-state index in [4.69, 9.17) is 19.9 Å². The topological polar surface area (TPSA) is 51.6 Å². The highest BCUT2D eigenvalue weighted by Crippen LogP contribution is 2.35. The highest BCUT2D eigenvalue weighted by molar-refractivity contribution is 5.98. The van der Waals surface area contributed by atoms with Gasteiger partial charge in [0.15, 0.2) is 17.5 Å². The van der Waals surface area contributed by atoms with Crippen molar-refractivity contribution in [1.82, 2.24) is 19.9 Å². The molecule has 0 saturated carbocycles. The Labute approximate surface area is 239 Å². The molecule has 0 amide bonds. The number of nitrogens with zero attached hydrogens (tertiary/aromatic N) is 4. The lowest BCUT2D eigenvalue weighted by molar-refractivity contribution is 1.07. The summed E-state index contributed by atoms with van der Waals surface area (Å²) in [4.78, 5) is 19.7. The second-order valence-electron chi connectivity index (χ2n) is 10.0. The lowest BCUT2D eigenvalue weighted by Crippen LogP contribution is -2.00. The zero-order valence-corrected chi connectivity index (χ0v) is 22.6. The maximum absolute atomic E-state index is 5.01. The number of fused-ring (bicyclic) bond motifs is 1. The molecule has 2 heterocycles. The van der Waals surface area contributed by atoms with Crippen LogP contribution in [0.4, 0.5) is 0 Å². The van der Waals surface area contributed by atoms with Crippen LogP contribution < -0.4 is 0 Å². The first-order valence-electron chi connectivity index (χ1n) is 13.7. The molecule has 7 rings (SSSR count). The molecule has 2 aromatic heterocycles. The Morgan fingerprint density at radius 2 is 0.927 bits per heavy atom. The zero-order valence-electron chi connectivity index (χ0n) is 22.6. The second-order valence-corrected chi connectivity index (χ2v) is 10.0. The number of pyridine rings is 1. The molecule has 0 aliphatic rings. The van der Waals surface area contributed by atoms with Gasteiger partial charge in [-0.05, 0) is 59.2 Å². The van der Waals surface area contributed by atoms with Gasteiger partial charge in [0.1, 0.15) is 0 Å². The van der Waals surface area contributed by atoms with Crippen molar-refractivity contribution in [2.24, 2.45) is 0 Å². The van der Waals surface area contributed by atoms with Gasteiger partial charge in [0.25, 0.3) is 0 Å². The van der Waals surface area contributed by atoms with E-state index in [1.807, 2.05) is 79.7 Å². The lowest BCUT2D eigenvalue weighted by atomic mass is 9.94. The Morgan fingerprint density at radius 3 is 1.61 bits per heavy atom. The second kappa shape index (κ2) is 10.6. The number of benzene rings is 5. The largest absolute Gasteiger partial charge is 0.253 e. The minimum atomic E-state index is 0.619. The van der Waals surface area contributed by atoms with Crippen LogP contribution in [0.25, 0.3) is 67.3 Å². The summed E-state index contributed by atoms with van der Waals surface area (Å²) in [6.07, 6.45) is 0. The average Bonchev–Trinajstić information content (AvgIpc) is 3.05. The van der Waals surface area contributed by atoms with Crippen molar-refractivity contribution in [3.05, 3.63) is 145 Å². The molecule has 7 aromatic rings. The Kier molecular flexibility index (Phi) is 6.34. The van der Waals surface area contributed by atoms with Gasteiger partial charge in [-0.25, -0.2) is 15.0 Å². The van der Waals surface area contributed by atoms with E-state index in [0.717, 1.165) is 44.8 Å². The molecule has 0 radical (unpaired) electrons. The van der Waals surface area contributed by atoms with Crippen LogP contribution in [-0.4, -0.2) is 19.9 Å². The molecule has 0 aliphatic carbocycles. The van der Waals surface area contributed by atoms with Crippen LogP contribution in [0.2, 0.25) is 0 Å². The first-order chi connectivity index (χ1) is 20.2. The van der Waals surface area contributed by atoms with Crippen LogP contribution in [0.3, 0.4) is 0 Å². The maximum atomic E-state index is 5.01. The van der Waals surface area contributed by atoms with E-state index in [0.29, 0.717) is 17.5 Å². The van der Waals surface area contributed by atoms with Gasteiger partial charge in [-0.2, -0.15) is 0 Å². The molecule has 0 unspecified atom stereocenters. The number of hydrogen-bond donors (Lipinski definition) is 0. The van der Waals surface area contributed by atoms with Crippen LogP contribution in [0.1, 0.15) is 5.69 Å². The molecule has 5 aromatic carbocycles. The van der Waals surface area contributed by atoms with Gasteiger partial charge in [-0.1, -0.05) is 109 Å². The third kappa shape index (κ3) is 4.99. The van der Waals surface area contributed by atoms with Crippen molar-refractivity contribution in [3.63, 3.8) is 0 Å². The van der Waals surface area contributed by atoms with E-state index in [1.165, 1.54) is 10.8 Å². The summed E-state index contributed by atoms with van der Waals surface area (Å²) < 4.78 is 0. The van der Waals surface area contributed by atoms with E-state index in [1.54, 1.807) is 0 Å². The minimum absolute atomic E-state index is 0.619. The molecule has 41 heavy (non-hydrogen) atoms. The quantitative estimate of drug-likeness (QED) is 0.224. The molecule has 0 fully saturated rings. The number of aryl methyl sites for hydroxylation is 1. The van der Waals surface area contributed by atoms with Gasteiger partial charge >= 0.3 is 0 Å². The Bertz CT molecular complexity index is 1940. The monoisotopic (exact) mass is 526 g/mol. The molecule has 0 spiro atoms. The molecule has 194 valence electrons. The normalized spacial score (nSPS) is 11.0. The van der Waals surface area contributed by atoms with Crippen molar-refractivity contribution in [2.75, 3.05) is 0 Å². The molecule has 0 N–H and O–H groups in total. The van der Waals surface area contributed by atoms with Gasteiger partial charge in [0.2, 0.25) is 0 Å². The molecule has 0 atom stereocenters. The lowest BCUT2D eigenvalue weighted by Gasteiger charge is -2.13. The van der Waals surface area contributed by atoms with Gasteiger partial charge in [0.05, 0.1) is 5.69 Å². The number of rotatable bonds is 5. The molecule has 4 nitrogen and oxygen atoms in total. The highest BCUT2D eigenvalue weighted by atomic mass is 15.0. The smallest absolute Gasteiger partial charge is 0.164 e. The van der Waals surface area contributed by atoms with Gasteiger partial charge < -0.3 is 0 Å². The number of aromatic nitrogens is 4. The first-order valence-corrected chi connectivity index (χ1v) is 13.7. The van der Waals surface area contributed by atoms with Crippen LogP contribution in [-0.2, 0) is 0 Å². The summed E-state index contributed by atoms with van der Waals surface area (Å²) in [6.45, 7) is 2.02. The fraction of sp³-hybridized carbons (Fsp3) is 0.0270. The first kappa shape index (κ1) is 24.6. The molecular formula is C37H26N4. The van der Waals surface area contributed by atoms with E-state index in [-0.39, 0.29) is 0 Å². The van der Waals surface area contributed by atoms with Crippen LogP contribution in [0, 0.1) is 6.92 Å². The Balaban J connectivity index is 1.49. The Hall–Kier alpha value is -5.48. The van der Waals surface area contributed by atoms with Gasteiger partial charge in [-0.15, -0.1) is 0 Å². The summed E-state index contributed by atoms with van der Waals surface area (Å²) in [7, 11) is 0. The fourth-order valence-corrected chi connectivity index (χ4v) is 5.18. The van der Waals surface area contributed by atoms with Crippen molar-refractivity contribution < 1.29 is 0 Å². The summed E-state index contributed by atoms with van der Waals surface area (Å²) >= 11 is 0. The van der Waals surface area contributed by atoms with Crippen LogP contribution in [0.5, 0.6) is 0 Å². The van der Waals surface area contributed by atoms with Crippen LogP contribution in [0.15, 0.2) is 140 Å². The van der Waals surface area contributed by atoms with E-state index < -0.39 is 0 Å². The van der Waals surface area contributed by atoms with E-state index >= 15 is 0 Å². The SMILES string of the molecule is Cc1cccc(-c2cc(-c3nc(-c4ccccc4)nc(-c4ccccc4)n3)cc(-c3cccc4ccccc34)c2)n1. The van der Waals surface area contributed by atoms with Crippen molar-refractivity contribution in [3.8, 4) is 56.5 Å². The average molecular weight is 527 g/mol. The van der Waals surface area contributed by atoms with Crippen molar-refractivity contribution in [2.45, 2.75) is 6.92 Å². The third-order valence-corrected chi connectivity index (χ3v) is 7.18. The molecule has 0 saturated heterocycles. The van der Waals surface area contributed by atoms with Crippen molar-refractivity contribution >= 4 is 10.8 Å². The summed E-state index contributed by atoms with van der Waals surface area (Å²) in [5.41, 5.74) is 7.92. The standard InChI is InChI=1S/C37H26N4/c1-25-12-10-21-34(38-25)30-22-29(33-20-11-18-26-13-8-9-19-32(26)33)23-31(24-30)37-40-35(27-14-4-2-5-15-27)39-36(41-37)28-16-6-3-7-17-28/h2-24H,1H3. The molecule has 0 aliphatic heterocycles. The summed E-state index contributed by atoms with van der Waals surface area (Å²) in [6, 6.07) is 47.7. The minimum Gasteiger partial charge on any atom is -0.253 e. The fourth-order valence-electron chi connectivity index (χ4n) is 5.18. The maximum Gasteiger partial charge on any atom is 0.164 e. The van der Waals surface area contributed by atoms with E-state index in [2.05, 4.69) is 66.7 Å². The van der Waals surface area contributed by atoms with Crippen LogP contribution >= 0.6 is 0 Å². The van der Waals surface area contributed by atoms with E-state index in [9.17, 15) is 0 Å². The predicted octanol–water partition coefficient (Wildman–Crippen LogP) is 9.06. The van der Waals surface area contributed by atoms with Gasteiger partial charge in [0, 0.05) is 27.9 Å². The number of hydrogen-bond acceptors (Lipinski definition) is 4. The molecular weight excluding hydrogens is 500 g/mol. The predicted molar refractivity (Wildman–Crippen MR) is 167 cm³/mol. The molecule has 0 bridgehead atoms. The third-order valence-electron chi connectivity index (χ3n) is 7.18. The van der Waals surface area contributed by atoms with Gasteiger partial charge in [-0.3, -0.25) is 4.98 Å². The highest BCUT2D eigenvalue weighted by Gasteiger charge is 2.15. The zero-order chi connectivity index (χ0) is 27.6. The summed E-state index contributed by atoms with van der Waals surface area (Å²) in [5.74, 6) is 1.90. The van der Waals surface area contributed by atoms with Crippen molar-refractivity contribution in [1.29, 1.82) is 0 Å².